The number of fused-ring (bicyclic) bond motifs is 5. The summed E-state index contributed by atoms with van der Waals surface area (Å²) in [5.74, 6) is -0.235. The number of aromatic nitrogens is 1. The van der Waals surface area contributed by atoms with Gasteiger partial charge in [-0.2, -0.15) is 0 Å². The summed E-state index contributed by atoms with van der Waals surface area (Å²) in [4.78, 5) is 26.7. The highest BCUT2D eigenvalue weighted by molar-refractivity contribution is 5.96. The number of amides is 1. The van der Waals surface area contributed by atoms with Crippen LogP contribution in [0.25, 0.3) is 0 Å². The van der Waals surface area contributed by atoms with Crippen LogP contribution in [0.2, 0.25) is 0 Å². The number of aromatic hydroxyl groups is 1. The summed E-state index contributed by atoms with van der Waals surface area (Å²) in [5, 5.41) is 12.2. The van der Waals surface area contributed by atoms with Crippen molar-refractivity contribution in [2.75, 3.05) is 32.0 Å². The first kappa shape index (κ1) is 18.1. The monoisotopic (exact) mass is 383 g/mol. The molecule has 1 aromatic heterocycles. The van der Waals surface area contributed by atoms with E-state index in [1.165, 1.54) is 16.9 Å². The van der Waals surface area contributed by atoms with Crippen LogP contribution in [0, 0.1) is 0 Å². The van der Waals surface area contributed by atoms with Crippen molar-refractivity contribution in [2.24, 2.45) is 0 Å². The second kappa shape index (κ2) is 7.40. The lowest BCUT2D eigenvalue weighted by atomic mass is 10.1. The number of hydrogen-bond acceptors (Lipinski definition) is 6. The fraction of sp³-hybridized carbons (Fsp3) is 0.300. The van der Waals surface area contributed by atoms with Crippen LogP contribution in [0.15, 0.2) is 53.5 Å². The first-order chi connectivity index (χ1) is 13.6. The van der Waals surface area contributed by atoms with E-state index >= 15 is 0 Å². The Morgan fingerprint density at radius 3 is 2.89 bits per heavy atom. The Balaban J connectivity index is 1.87. The molecule has 2 aromatic rings. The van der Waals surface area contributed by atoms with Gasteiger partial charge in [-0.05, 0) is 12.1 Å². The standard InChI is InChI=1S/C20H21N3O5/c1-27-12-15-6-4-10-28-17-7-3-2-5-14(17)11-21-13-22(15)20(26)18-19(25)16(24)8-9-23(18)21/h2-9,15,25H,10-13H2,1H3/b6-4+/t15-/m0/s1. The number of carbonyl (C=O) groups excluding carboxylic acids is 1. The molecule has 2 bridgehead atoms. The van der Waals surface area contributed by atoms with Crippen molar-refractivity contribution in [3.63, 3.8) is 0 Å². The van der Waals surface area contributed by atoms with Crippen LogP contribution >= 0.6 is 0 Å². The first-order valence-corrected chi connectivity index (χ1v) is 8.97. The summed E-state index contributed by atoms with van der Waals surface area (Å²) in [5.41, 5.74) is 0.290. The minimum Gasteiger partial charge on any atom is -0.502 e. The molecule has 0 saturated carbocycles. The van der Waals surface area contributed by atoms with Gasteiger partial charge in [0.25, 0.3) is 5.91 Å². The van der Waals surface area contributed by atoms with Crippen molar-refractivity contribution in [3.05, 3.63) is 70.2 Å². The molecular formula is C20H21N3O5. The number of benzene rings is 1. The molecule has 1 amide bonds. The number of rotatable bonds is 2. The molecule has 1 atom stereocenters. The van der Waals surface area contributed by atoms with Gasteiger partial charge in [0, 0.05) is 24.9 Å². The predicted molar refractivity (Wildman–Crippen MR) is 102 cm³/mol. The van der Waals surface area contributed by atoms with Crippen LogP contribution in [0.5, 0.6) is 11.5 Å². The van der Waals surface area contributed by atoms with E-state index in [2.05, 4.69) is 0 Å². The van der Waals surface area contributed by atoms with E-state index in [0.29, 0.717) is 13.2 Å². The molecule has 2 aliphatic rings. The van der Waals surface area contributed by atoms with Crippen LogP contribution < -0.4 is 15.2 Å². The van der Waals surface area contributed by atoms with Gasteiger partial charge < -0.3 is 19.5 Å². The Labute approximate surface area is 161 Å². The lowest BCUT2D eigenvalue weighted by Gasteiger charge is -2.42. The smallest absolute Gasteiger partial charge is 0.278 e. The number of carbonyl (C=O) groups is 1. The van der Waals surface area contributed by atoms with Gasteiger partial charge in [0.15, 0.2) is 11.4 Å². The number of ether oxygens (including phenoxy) is 2. The molecule has 0 spiro atoms. The summed E-state index contributed by atoms with van der Waals surface area (Å²) in [6.45, 7) is 1.33. The van der Waals surface area contributed by atoms with Gasteiger partial charge in [-0.3, -0.25) is 19.3 Å². The maximum atomic E-state index is 13.1. The maximum absolute atomic E-state index is 13.1. The minimum absolute atomic E-state index is 0.0501. The van der Waals surface area contributed by atoms with Crippen LogP contribution in [0.1, 0.15) is 16.1 Å². The molecule has 0 fully saturated rings. The molecule has 0 unspecified atom stereocenters. The van der Waals surface area contributed by atoms with Crippen molar-refractivity contribution < 1.29 is 19.4 Å². The zero-order valence-electron chi connectivity index (χ0n) is 15.4. The van der Waals surface area contributed by atoms with Crippen molar-refractivity contribution in [2.45, 2.75) is 12.6 Å². The Hall–Kier alpha value is -3.26. The highest BCUT2D eigenvalue weighted by Gasteiger charge is 2.35. The quantitative estimate of drug-likeness (QED) is 0.781. The molecule has 8 nitrogen and oxygen atoms in total. The van der Waals surface area contributed by atoms with E-state index in [9.17, 15) is 14.7 Å². The van der Waals surface area contributed by atoms with Gasteiger partial charge in [-0.1, -0.05) is 24.3 Å². The minimum atomic E-state index is -0.590. The number of nitrogens with zero attached hydrogens (tertiary/aromatic N) is 3. The summed E-state index contributed by atoms with van der Waals surface area (Å²) in [6.07, 6.45) is 5.20. The average molecular weight is 383 g/mol. The van der Waals surface area contributed by atoms with E-state index < -0.39 is 17.1 Å². The summed E-state index contributed by atoms with van der Waals surface area (Å²) < 4.78 is 12.7. The molecule has 3 heterocycles. The molecule has 1 N–H and O–H groups in total. The van der Waals surface area contributed by atoms with E-state index in [4.69, 9.17) is 9.47 Å². The fourth-order valence-corrected chi connectivity index (χ4v) is 3.52. The second-order valence-corrected chi connectivity index (χ2v) is 6.67. The third kappa shape index (κ3) is 3.11. The van der Waals surface area contributed by atoms with E-state index in [1.54, 1.807) is 12.0 Å². The van der Waals surface area contributed by atoms with Crippen molar-refractivity contribution in [3.8, 4) is 11.5 Å². The average Bonchev–Trinajstić information content (AvgIpc) is 2.72. The number of methoxy groups -OCH3 is 1. The number of pyridine rings is 1. The highest BCUT2D eigenvalue weighted by Crippen LogP contribution is 2.26. The Kier molecular flexibility index (Phi) is 4.79. The van der Waals surface area contributed by atoms with Crippen molar-refractivity contribution in [1.29, 1.82) is 0 Å². The van der Waals surface area contributed by atoms with Crippen molar-refractivity contribution in [1.82, 2.24) is 9.58 Å². The van der Waals surface area contributed by atoms with Gasteiger partial charge >= 0.3 is 0 Å². The largest absolute Gasteiger partial charge is 0.502 e. The van der Waals surface area contributed by atoms with Crippen LogP contribution in [-0.2, 0) is 11.3 Å². The SMILES string of the molecule is COC[C@@H]1/C=C/COc2ccccc2CN2CN1C(=O)c1c(O)c(=O)ccn12. The van der Waals surface area contributed by atoms with Crippen LogP contribution in [-0.4, -0.2) is 53.6 Å². The summed E-state index contributed by atoms with van der Waals surface area (Å²) in [7, 11) is 1.56. The molecule has 0 radical (unpaired) electrons. The third-order valence-electron chi connectivity index (χ3n) is 4.89. The van der Waals surface area contributed by atoms with E-state index in [1.807, 2.05) is 41.4 Å². The van der Waals surface area contributed by atoms with Gasteiger partial charge in [0.1, 0.15) is 19.0 Å². The molecule has 4 rings (SSSR count). The molecule has 0 aliphatic carbocycles. The first-order valence-electron chi connectivity index (χ1n) is 8.97. The molecule has 0 saturated heterocycles. The van der Waals surface area contributed by atoms with E-state index in [0.717, 1.165) is 11.3 Å². The zero-order valence-corrected chi connectivity index (χ0v) is 15.4. The molecule has 1 aromatic carbocycles. The highest BCUT2D eigenvalue weighted by atomic mass is 16.5. The Bertz CT molecular complexity index is 984. The number of hydrogen-bond donors (Lipinski definition) is 1. The summed E-state index contributed by atoms with van der Waals surface area (Å²) >= 11 is 0. The zero-order chi connectivity index (χ0) is 19.7. The van der Waals surface area contributed by atoms with E-state index in [-0.39, 0.29) is 25.0 Å². The lowest BCUT2D eigenvalue weighted by molar-refractivity contribution is 0.0525. The fourth-order valence-electron chi connectivity index (χ4n) is 3.52. The summed E-state index contributed by atoms with van der Waals surface area (Å²) in [6, 6.07) is 8.55. The van der Waals surface area contributed by atoms with Crippen LogP contribution in [0.3, 0.4) is 0 Å². The van der Waals surface area contributed by atoms with Crippen molar-refractivity contribution >= 4 is 5.91 Å². The van der Waals surface area contributed by atoms with Gasteiger partial charge in [0.05, 0.1) is 19.2 Å². The third-order valence-corrected chi connectivity index (χ3v) is 4.89. The van der Waals surface area contributed by atoms with Crippen LogP contribution in [0.4, 0.5) is 0 Å². The molecule has 146 valence electrons. The molecule has 8 heteroatoms. The topological polar surface area (TPSA) is 84.2 Å². The molecule has 28 heavy (non-hydrogen) atoms. The Morgan fingerprint density at radius 1 is 1.25 bits per heavy atom. The maximum Gasteiger partial charge on any atom is 0.278 e. The molecule has 2 aliphatic heterocycles. The van der Waals surface area contributed by atoms with Gasteiger partial charge in [-0.25, -0.2) is 0 Å². The van der Waals surface area contributed by atoms with Gasteiger partial charge in [0.2, 0.25) is 5.43 Å². The van der Waals surface area contributed by atoms with Gasteiger partial charge in [-0.15, -0.1) is 0 Å². The number of para-hydroxylation sites is 1. The second-order valence-electron chi connectivity index (χ2n) is 6.67. The normalized spacial score (nSPS) is 19.9. The lowest BCUT2D eigenvalue weighted by Crippen LogP contribution is -2.57. The predicted octanol–water partition coefficient (Wildman–Crippen LogP) is 1.07. The Morgan fingerprint density at radius 2 is 2.07 bits per heavy atom. The molecular weight excluding hydrogens is 362 g/mol.